The van der Waals surface area contributed by atoms with E-state index in [0.717, 1.165) is 42.6 Å². The zero-order valence-corrected chi connectivity index (χ0v) is 17.1. The van der Waals surface area contributed by atoms with E-state index < -0.39 is 6.10 Å². The summed E-state index contributed by atoms with van der Waals surface area (Å²) in [6.07, 6.45) is 3.69. The lowest BCUT2D eigenvalue weighted by Gasteiger charge is -2.33. The Kier molecular flexibility index (Phi) is 5.43. The predicted molar refractivity (Wildman–Crippen MR) is 122 cm³/mol. The summed E-state index contributed by atoms with van der Waals surface area (Å²) in [5.74, 6) is 1.42. The van der Waals surface area contributed by atoms with Crippen LogP contribution in [0.4, 0.5) is 0 Å². The molecule has 3 aromatic carbocycles. The van der Waals surface area contributed by atoms with E-state index in [1.165, 1.54) is 16.3 Å². The molecule has 30 heavy (non-hydrogen) atoms. The average Bonchev–Trinajstić information content (AvgIpc) is 3.27. The minimum Gasteiger partial charge on any atom is -0.490 e. The summed E-state index contributed by atoms with van der Waals surface area (Å²) in [6, 6.07) is 23.4. The van der Waals surface area contributed by atoms with Crippen LogP contribution in [-0.2, 0) is 0 Å². The van der Waals surface area contributed by atoms with Gasteiger partial charge < -0.3 is 19.7 Å². The second-order valence-corrected chi connectivity index (χ2v) is 8.34. The van der Waals surface area contributed by atoms with Crippen molar-refractivity contribution in [3.05, 3.63) is 78.5 Å². The van der Waals surface area contributed by atoms with E-state index >= 15 is 0 Å². The Balaban J connectivity index is 1.13. The Labute approximate surface area is 177 Å². The first-order valence-electron chi connectivity index (χ1n) is 10.8. The van der Waals surface area contributed by atoms with Crippen LogP contribution in [0.25, 0.3) is 21.7 Å². The summed E-state index contributed by atoms with van der Waals surface area (Å²) < 4.78 is 5.92. The standard InChI is InChI=1S/C26H28N2O2/c29-23(18-30-26-7-3-6-25-24(26)10-13-27-25)17-28-14-11-20(12-15-28)22-9-8-19-4-1-2-5-21(19)16-22/h1-10,13,16,20,23,27,29H,11-12,14-15,17-18H2. The third kappa shape index (κ3) is 4.07. The minimum atomic E-state index is -0.489. The smallest absolute Gasteiger partial charge is 0.128 e. The first-order chi connectivity index (χ1) is 14.8. The molecule has 0 spiro atoms. The SMILES string of the molecule is OC(COc1cccc2[nH]ccc12)CN1CCC(c2ccc3ccccc3c2)CC1. The zero-order valence-electron chi connectivity index (χ0n) is 17.1. The van der Waals surface area contributed by atoms with Gasteiger partial charge in [0, 0.05) is 23.6 Å². The molecule has 1 saturated heterocycles. The van der Waals surface area contributed by atoms with Crippen LogP contribution in [0, 0.1) is 0 Å². The van der Waals surface area contributed by atoms with Crippen molar-refractivity contribution in [2.45, 2.75) is 24.9 Å². The summed E-state index contributed by atoms with van der Waals surface area (Å²) in [5.41, 5.74) is 2.49. The van der Waals surface area contributed by atoms with Crippen molar-refractivity contribution in [3.63, 3.8) is 0 Å². The van der Waals surface area contributed by atoms with Gasteiger partial charge in [-0.3, -0.25) is 0 Å². The van der Waals surface area contributed by atoms with Crippen molar-refractivity contribution in [1.29, 1.82) is 0 Å². The number of aliphatic hydroxyl groups is 1. The number of aliphatic hydroxyl groups excluding tert-OH is 1. The minimum absolute atomic E-state index is 0.314. The zero-order chi connectivity index (χ0) is 20.3. The lowest BCUT2D eigenvalue weighted by molar-refractivity contribution is 0.0599. The van der Waals surface area contributed by atoms with Crippen molar-refractivity contribution in [2.75, 3.05) is 26.2 Å². The maximum atomic E-state index is 10.5. The Morgan fingerprint density at radius 1 is 0.967 bits per heavy atom. The maximum absolute atomic E-state index is 10.5. The number of β-amino-alcohol motifs (C(OH)–C–C–N with tert-alkyl or cyclic N) is 1. The lowest BCUT2D eigenvalue weighted by atomic mass is 9.88. The summed E-state index contributed by atoms with van der Waals surface area (Å²) in [7, 11) is 0. The molecule has 4 heteroatoms. The van der Waals surface area contributed by atoms with Gasteiger partial charge in [-0.1, -0.05) is 48.5 Å². The molecular weight excluding hydrogens is 372 g/mol. The average molecular weight is 401 g/mol. The van der Waals surface area contributed by atoms with Gasteiger partial charge in [0.25, 0.3) is 0 Å². The molecule has 0 bridgehead atoms. The summed E-state index contributed by atoms with van der Waals surface area (Å²) in [4.78, 5) is 5.55. The number of benzene rings is 3. The van der Waals surface area contributed by atoms with Crippen LogP contribution >= 0.6 is 0 Å². The fourth-order valence-corrected chi connectivity index (χ4v) is 4.63. The second-order valence-electron chi connectivity index (χ2n) is 8.34. The topological polar surface area (TPSA) is 48.5 Å². The fraction of sp³-hybridized carbons (Fsp3) is 0.308. The quantitative estimate of drug-likeness (QED) is 0.482. The van der Waals surface area contributed by atoms with Crippen LogP contribution in [0.2, 0.25) is 0 Å². The Bertz CT molecular complexity index is 1130. The molecule has 1 aliphatic rings. The van der Waals surface area contributed by atoms with Crippen LogP contribution in [0.15, 0.2) is 72.9 Å². The summed E-state index contributed by atoms with van der Waals surface area (Å²) >= 11 is 0. The number of fused-ring (bicyclic) bond motifs is 2. The molecule has 1 unspecified atom stereocenters. The largest absolute Gasteiger partial charge is 0.490 e. The van der Waals surface area contributed by atoms with Crippen LogP contribution in [0.1, 0.15) is 24.3 Å². The van der Waals surface area contributed by atoms with Gasteiger partial charge in [-0.2, -0.15) is 0 Å². The molecule has 2 heterocycles. The van der Waals surface area contributed by atoms with Gasteiger partial charge in [0.2, 0.25) is 0 Å². The molecule has 5 rings (SSSR count). The first kappa shape index (κ1) is 19.2. The first-order valence-corrected chi connectivity index (χ1v) is 10.8. The van der Waals surface area contributed by atoms with Crippen LogP contribution in [0.5, 0.6) is 5.75 Å². The van der Waals surface area contributed by atoms with E-state index in [2.05, 4.69) is 52.3 Å². The highest BCUT2D eigenvalue weighted by Crippen LogP contribution is 2.30. The molecule has 4 nitrogen and oxygen atoms in total. The van der Waals surface area contributed by atoms with Gasteiger partial charge in [0.15, 0.2) is 0 Å². The van der Waals surface area contributed by atoms with Gasteiger partial charge in [-0.05, 0) is 66.4 Å². The molecule has 1 aromatic heterocycles. The lowest BCUT2D eigenvalue weighted by Crippen LogP contribution is -2.40. The molecule has 0 aliphatic carbocycles. The Morgan fingerprint density at radius 2 is 1.80 bits per heavy atom. The molecular formula is C26H28N2O2. The fourth-order valence-electron chi connectivity index (χ4n) is 4.63. The number of aromatic amines is 1. The van der Waals surface area contributed by atoms with Gasteiger partial charge >= 0.3 is 0 Å². The van der Waals surface area contributed by atoms with Crippen molar-refractivity contribution < 1.29 is 9.84 Å². The molecule has 1 fully saturated rings. The Hall–Kier alpha value is -2.82. The van der Waals surface area contributed by atoms with E-state index in [1.807, 2.05) is 30.5 Å². The predicted octanol–water partition coefficient (Wildman–Crippen LogP) is 4.94. The molecule has 4 aromatic rings. The number of nitrogens with zero attached hydrogens (tertiary/aromatic N) is 1. The van der Waals surface area contributed by atoms with E-state index in [9.17, 15) is 5.11 Å². The van der Waals surface area contributed by atoms with Gasteiger partial charge in [0.05, 0.1) is 0 Å². The van der Waals surface area contributed by atoms with Crippen molar-refractivity contribution in [1.82, 2.24) is 9.88 Å². The number of hydrogen-bond acceptors (Lipinski definition) is 3. The number of aromatic nitrogens is 1. The third-order valence-corrected chi connectivity index (χ3v) is 6.29. The summed E-state index contributed by atoms with van der Waals surface area (Å²) in [5, 5.41) is 14.2. The number of hydrogen-bond donors (Lipinski definition) is 2. The van der Waals surface area contributed by atoms with Crippen LogP contribution in [0.3, 0.4) is 0 Å². The highest BCUT2D eigenvalue weighted by atomic mass is 16.5. The van der Waals surface area contributed by atoms with Crippen molar-refractivity contribution >= 4 is 21.7 Å². The molecule has 1 atom stereocenters. The van der Waals surface area contributed by atoms with E-state index in [-0.39, 0.29) is 0 Å². The van der Waals surface area contributed by atoms with Gasteiger partial charge in [0.1, 0.15) is 18.5 Å². The monoisotopic (exact) mass is 400 g/mol. The van der Waals surface area contributed by atoms with Gasteiger partial charge in [-0.15, -0.1) is 0 Å². The molecule has 0 radical (unpaired) electrons. The highest BCUT2D eigenvalue weighted by Gasteiger charge is 2.22. The van der Waals surface area contributed by atoms with Crippen molar-refractivity contribution in [2.24, 2.45) is 0 Å². The normalized spacial score (nSPS) is 16.8. The van der Waals surface area contributed by atoms with E-state index in [0.29, 0.717) is 19.1 Å². The van der Waals surface area contributed by atoms with Crippen LogP contribution < -0.4 is 4.74 Å². The highest BCUT2D eigenvalue weighted by molar-refractivity contribution is 5.85. The van der Waals surface area contributed by atoms with Crippen LogP contribution in [-0.4, -0.2) is 47.3 Å². The van der Waals surface area contributed by atoms with E-state index in [1.54, 1.807) is 0 Å². The van der Waals surface area contributed by atoms with E-state index in [4.69, 9.17) is 4.74 Å². The molecule has 0 saturated carbocycles. The summed E-state index contributed by atoms with van der Waals surface area (Å²) in [6.45, 7) is 3.01. The molecule has 154 valence electrons. The molecule has 1 aliphatic heterocycles. The third-order valence-electron chi connectivity index (χ3n) is 6.29. The van der Waals surface area contributed by atoms with Gasteiger partial charge in [-0.25, -0.2) is 0 Å². The molecule has 0 amide bonds. The Morgan fingerprint density at radius 3 is 2.67 bits per heavy atom. The molecule has 2 N–H and O–H groups in total. The number of likely N-dealkylation sites (tertiary alicyclic amines) is 1. The second kappa shape index (κ2) is 8.50. The number of ether oxygens (including phenoxy) is 1. The van der Waals surface area contributed by atoms with Crippen molar-refractivity contribution in [3.8, 4) is 5.75 Å². The maximum Gasteiger partial charge on any atom is 0.128 e. The number of H-pyrrole nitrogens is 1. The number of rotatable bonds is 6. The number of nitrogens with one attached hydrogen (secondary N) is 1. The number of piperidine rings is 1.